The average molecular weight is 340 g/mol. The smallest absolute Gasteiger partial charge is 0.267 e. The van der Waals surface area contributed by atoms with E-state index in [1.165, 1.54) is 30.3 Å². The van der Waals surface area contributed by atoms with Crippen LogP contribution in [0.15, 0.2) is 47.3 Å². The molecule has 0 spiro atoms. The largest absolute Gasteiger partial charge is 0.416 e. The monoisotopic (exact) mass is 340 g/mol. The van der Waals surface area contributed by atoms with Gasteiger partial charge >= 0.3 is 6.18 Å². The van der Waals surface area contributed by atoms with E-state index >= 15 is 0 Å². The molecule has 1 aromatic heterocycles. The molecular formula is C14H7F3N2O3S. The Balaban J connectivity index is 2.19. The molecule has 9 heteroatoms. The second kappa shape index (κ2) is 5.20. The Labute approximate surface area is 130 Å². The molecule has 5 nitrogen and oxygen atoms in total. The zero-order valence-corrected chi connectivity index (χ0v) is 12.0. The van der Waals surface area contributed by atoms with Crippen molar-refractivity contribution in [3.05, 3.63) is 68.5 Å². The fourth-order valence-corrected chi connectivity index (χ4v) is 3.13. The second-order valence-electron chi connectivity index (χ2n) is 4.68. The molecule has 0 aliphatic heterocycles. The van der Waals surface area contributed by atoms with E-state index in [-0.39, 0.29) is 16.8 Å². The van der Waals surface area contributed by atoms with Gasteiger partial charge in [0.05, 0.1) is 26.3 Å². The van der Waals surface area contributed by atoms with Crippen molar-refractivity contribution in [1.29, 1.82) is 0 Å². The normalized spacial score (nSPS) is 11.8. The molecule has 2 aromatic carbocycles. The average Bonchev–Trinajstić information content (AvgIpc) is 2.83. The zero-order valence-electron chi connectivity index (χ0n) is 11.2. The minimum Gasteiger partial charge on any atom is -0.267 e. The van der Waals surface area contributed by atoms with Crippen LogP contribution in [0, 0.1) is 10.1 Å². The van der Waals surface area contributed by atoms with Gasteiger partial charge in [-0.05, 0) is 24.3 Å². The lowest BCUT2D eigenvalue weighted by Crippen LogP contribution is -2.12. The Morgan fingerprint density at radius 2 is 1.87 bits per heavy atom. The van der Waals surface area contributed by atoms with Crippen LogP contribution >= 0.6 is 11.5 Å². The van der Waals surface area contributed by atoms with Crippen molar-refractivity contribution < 1.29 is 18.1 Å². The van der Waals surface area contributed by atoms with Gasteiger partial charge in [-0.1, -0.05) is 17.6 Å². The number of hydrogen-bond donors (Lipinski definition) is 0. The molecule has 1 heterocycles. The molecule has 0 amide bonds. The number of rotatable bonds is 2. The number of non-ortho nitro benzene ring substituents is 1. The van der Waals surface area contributed by atoms with Gasteiger partial charge < -0.3 is 0 Å². The lowest BCUT2D eigenvalue weighted by molar-refractivity contribution is -0.384. The Kier molecular flexibility index (Phi) is 3.44. The maximum atomic E-state index is 12.8. The Hall–Kier alpha value is -2.68. The van der Waals surface area contributed by atoms with Crippen molar-refractivity contribution >= 4 is 27.3 Å². The van der Waals surface area contributed by atoms with Crippen molar-refractivity contribution in [3.63, 3.8) is 0 Å². The first-order valence-electron chi connectivity index (χ1n) is 6.25. The first-order valence-corrected chi connectivity index (χ1v) is 7.03. The molecule has 0 bridgehead atoms. The van der Waals surface area contributed by atoms with Crippen LogP contribution in [0.5, 0.6) is 0 Å². The van der Waals surface area contributed by atoms with E-state index < -0.39 is 22.2 Å². The summed E-state index contributed by atoms with van der Waals surface area (Å²) < 4.78 is 39.7. The van der Waals surface area contributed by atoms with Crippen LogP contribution in [0.3, 0.4) is 0 Å². The maximum Gasteiger partial charge on any atom is 0.416 e. The van der Waals surface area contributed by atoms with Gasteiger partial charge in [0.1, 0.15) is 0 Å². The summed E-state index contributed by atoms with van der Waals surface area (Å²) in [5.41, 5.74) is -1.51. The molecular weight excluding hydrogens is 333 g/mol. The molecule has 0 saturated carbocycles. The van der Waals surface area contributed by atoms with Crippen LogP contribution in [-0.2, 0) is 6.18 Å². The van der Waals surface area contributed by atoms with Gasteiger partial charge in [-0.3, -0.25) is 14.9 Å². The third-order valence-corrected chi connectivity index (χ3v) is 4.28. The zero-order chi connectivity index (χ0) is 16.8. The van der Waals surface area contributed by atoms with Crippen molar-refractivity contribution in [2.75, 3.05) is 0 Å². The van der Waals surface area contributed by atoms with Gasteiger partial charge in [0, 0.05) is 12.1 Å². The van der Waals surface area contributed by atoms with Gasteiger partial charge in [-0.25, -0.2) is 3.96 Å². The first-order chi connectivity index (χ1) is 10.8. The Bertz CT molecular complexity index is 975. The van der Waals surface area contributed by atoms with Crippen molar-refractivity contribution in [2.45, 2.75) is 6.18 Å². The Morgan fingerprint density at radius 1 is 1.13 bits per heavy atom. The summed E-state index contributed by atoms with van der Waals surface area (Å²) in [6.45, 7) is 0. The van der Waals surface area contributed by atoms with Crippen LogP contribution in [-0.4, -0.2) is 8.88 Å². The lowest BCUT2D eigenvalue weighted by atomic mass is 10.2. The quantitative estimate of drug-likeness (QED) is 0.523. The molecule has 118 valence electrons. The number of hydrogen-bond acceptors (Lipinski definition) is 4. The fourth-order valence-electron chi connectivity index (χ4n) is 2.10. The van der Waals surface area contributed by atoms with Crippen molar-refractivity contribution in [2.24, 2.45) is 0 Å². The molecule has 0 aliphatic carbocycles. The molecule has 0 N–H and O–H groups in total. The molecule has 3 aromatic rings. The molecule has 0 fully saturated rings. The van der Waals surface area contributed by atoms with E-state index in [1.807, 2.05) is 0 Å². The van der Waals surface area contributed by atoms with Crippen LogP contribution < -0.4 is 5.56 Å². The van der Waals surface area contributed by atoms with E-state index in [4.69, 9.17) is 0 Å². The lowest BCUT2D eigenvalue weighted by Gasteiger charge is -2.08. The summed E-state index contributed by atoms with van der Waals surface area (Å²) in [6, 6.07) is 8.07. The number of nitrogens with zero attached hydrogens (tertiary/aromatic N) is 2. The van der Waals surface area contributed by atoms with Gasteiger partial charge in [0.2, 0.25) is 0 Å². The van der Waals surface area contributed by atoms with E-state index in [0.29, 0.717) is 4.70 Å². The van der Waals surface area contributed by atoms with Gasteiger partial charge in [-0.15, -0.1) is 0 Å². The summed E-state index contributed by atoms with van der Waals surface area (Å²) in [5, 5.41) is 11.0. The maximum absolute atomic E-state index is 12.8. The number of aromatic nitrogens is 1. The topological polar surface area (TPSA) is 65.1 Å². The molecule has 0 aliphatic rings. The number of fused-ring (bicyclic) bond motifs is 1. The highest BCUT2D eigenvalue weighted by Crippen LogP contribution is 2.31. The minimum absolute atomic E-state index is 0.0636. The molecule has 0 atom stereocenters. The third-order valence-electron chi connectivity index (χ3n) is 3.19. The Morgan fingerprint density at radius 3 is 2.52 bits per heavy atom. The predicted octanol–water partition coefficient (Wildman–Crippen LogP) is 3.98. The molecule has 0 saturated heterocycles. The highest BCUT2D eigenvalue weighted by molar-refractivity contribution is 7.14. The highest BCUT2D eigenvalue weighted by Gasteiger charge is 2.30. The first kappa shape index (κ1) is 15.2. The summed E-state index contributed by atoms with van der Waals surface area (Å²) in [5.74, 6) is 0. The SMILES string of the molecule is O=c1c2ccc([N+](=O)[O-])cc2sn1-c1cccc(C(F)(F)F)c1. The molecule has 0 unspecified atom stereocenters. The van der Waals surface area contributed by atoms with Crippen molar-refractivity contribution in [3.8, 4) is 5.69 Å². The highest BCUT2D eigenvalue weighted by atomic mass is 32.1. The number of alkyl halides is 3. The fraction of sp³-hybridized carbons (Fsp3) is 0.0714. The molecule has 3 rings (SSSR count). The van der Waals surface area contributed by atoms with Gasteiger partial charge in [0.15, 0.2) is 0 Å². The van der Waals surface area contributed by atoms with Gasteiger partial charge in [0.25, 0.3) is 11.2 Å². The van der Waals surface area contributed by atoms with E-state index in [2.05, 4.69) is 0 Å². The van der Waals surface area contributed by atoms with E-state index in [0.717, 1.165) is 27.6 Å². The number of halogens is 3. The summed E-state index contributed by atoms with van der Waals surface area (Å²) in [4.78, 5) is 22.5. The van der Waals surface area contributed by atoms with Crippen LogP contribution in [0.1, 0.15) is 5.56 Å². The standard InChI is InChI=1S/C14H7F3N2O3S/c15-14(16,17)8-2-1-3-9(6-8)18-13(20)11-5-4-10(19(21)22)7-12(11)23-18/h1-7H. The number of nitro benzene ring substituents is 1. The van der Waals surface area contributed by atoms with E-state index in [1.54, 1.807) is 0 Å². The predicted molar refractivity (Wildman–Crippen MR) is 79.1 cm³/mol. The van der Waals surface area contributed by atoms with Gasteiger partial charge in [-0.2, -0.15) is 13.2 Å². The summed E-state index contributed by atoms with van der Waals surface area (Å²) in [6.07, 6.45) is -4.52. The molecule has 23 heavy (non-hydrogen) atoms. The molecule has 0 radical (unpaired) electrons. The second-order valence-corrected chi connectivity index (χ2v) is 5.66. The summed E-state index contributed by atoms with van der Waals surface area (Å²) >= 11 is 0.860. The van der Waals surface area contributed by atoms with Crippen LogP contribution in [0.25, 0.3) is 15.8 Å². The number of benzene rings is 2. The van der Waals surface area contributed by atoms with Crippen molar-refractivity contribution in [1.82, 2.24) is 3.96 Å². The number of nitro groups is 1. The summed E-state index contributed by atoms with van der Waals surface area (Å²) in [7, 11) is 0. The van der Waals surface area contributed by atoms with E-state index in [9.17, 15) is 28.1 Å². The third kappa shape index (κ3) is 2.70. The minimum atomic E-state index is -4.52. The van der Waals surface area contributed by atoms with Crippen LogP contribution in [0.2, 0.25) is 0 Å². The van der Waals surface area contributed by atoms with Crippen LogP contribution in [0.4, 0.5) is 18.9 Å².